The van der Waals surface area contributed by atoms with Gasteiger partial charge in [0, 0.05) is 17.1 Å². The Morgan fingerprint density at radius 3 is 0.895 bits per heavy atom. The summed E-state index contributed by atoms with van der Waals surface area (Å²) in [6.07, 6.45) is 0. The number of halogens is 6. The minimum Gasteiger partial charge on any atom is -0.386 e. The number of hydrogen-bond acceptors (Lipinski definition) is 7. The van der Waals surface area contributed by atoms with Gasteiger partial charge < -0.3 is 29.5 Å². The number of rotatable bonds is 12. The largest absolute Gasteiger partial charge is 0.647 e. The fourth-order valence-corrected chi connectivity index (χ4v) is 4.91. The average molecular weight is 662 g/mol. The molecule has 0 aliphatic carbocycles. The second-order valence-corrected chi connectivity index (χ2v) is 14.9. The van der Waals surface area contributed by atoms with Crippen LogP contribution >= 0.6 is 77.4 Å². The Morgan fingerprint density at radius 1 is 0.500 bits per heavy atom. The standard InChI is InChI=1S/C24H24Cl6N3O4P/c1-22(25,26)31-16-4-10-19(11-5-16)35-38(34,36-20-12-6-17(7-13-20)32-23(2,27)28)37-21-14-8-18(9-15-21)33-24(3,29)30/h4-15,31-33H,1-3H3. The molecule has 0 aromatic heterocycles. The molecule has 0 aliphatic rings. The van der Waals surface area contributed by atoms with Gasteiger partial charge in [0.05, 0.1) is 0 Å². The van der Waals surface area contributed by atoms with Gasteiger partial charge in [0.2, 0.25) is 0 Å². The van der Waals surface area contributed by atoms with Crippen LogP contribution in [0.15, 0.2) is 72.8 Å². The first-order valence-electron chi connectivity index (χ1n) is 10.9. The van der Waals surface area contributed by atoms with Crippen molar-refractivity contribution in [1.29, 1.82) is 0 Å². The normalized spacial score (nSPS) is 12.4. The van der Waals surface area contributed by atoms with Crippen molar-refractivity contribution in [3.05, 3.63) is 72.8 Å². The molecule has 0 saturated carbocycles. The van der Waals surface area contributed by atoms with Gasteiger partial charge in [-0.15, -0.1) is 0 Å². The predicted molar refractivity (Wildman–Crippen MR) is 160 cm³/mol. The number of benzene rings is 3. The van der Waals surface area contributed by atoms with Crippen molar-refractivity contribution in [3.8, 4) is 17.2 Å². The number of phosphoric ester groups is 1. The zero-order chi connectivity index (χ0) is 28.2. The van der Waals surface area contributed by atoms with E-state index < -0.39 is 21.2 Å². The van der Waals surface area contributed by atoms with Crippen molar-refractivity contribution in [2.45, 2.75) is 34.1 Å². The van der Waals surface area contributed by atoms with Crippen molar-refractivity contribution < 1.29 is 18.1 Å². The Balaban J connectivity index is 1.83. The Bertz CT molecular complexity index is 1090. The Hall–Kier alpha value is -1.57. The van der Waals surface area contributed by atoms with Crippen LogP contribution in [0.1, 0.15) is 20.8 Å². The van der Waals surface area contributed by atoms with Crippen molar-refractivity contribution >= 4 is 94.5 Å². The molecule has 206 valence electrons. The van der Waals surface area contributed by atoms with Gasteiger partial charge in [-0.3, -0.25) is 0 Å². The molecule has 14 heteroatoms. The lowest BCUT2D eigenvalue weighted by Gasteiger charge is -2.21. The molecule has 7 nitrogen and oxygen atoms in total. The second-order valence-electron chi connectivity index (χ2n) is 8.33. The number of phosphoric acid groups is 1. The summed E-state index contributed by atoms with van der Waals surface area (Å²) >= 11 is 35.9. The van der Waals surface area contributed by atoms with Gasteiger partial charge in [0.25, 0.3) is 0 Å². The summed E-state index contributed by atoms with van der Waals surface area (Å²) in [6.45, 7) is 4.75. The Labute approximate surface area is 251 Å². The van der Waals surface area contributed by atoms with Crippen molar-refractivity contribution in [1.82, 2.24) is 0 Å². The summed E-state index contributed by atoms with van der Waals surface area (Å²) in [7, 11) is -4.27. The van der Waals surface area contributed by atoms with E-state index in [1.54, 1.807) is 93.6 Å². The van der Waals surface area contributed by atoms with Gasteiger partial charge in [-0.2, -0.15) is 4.57 Å². The fraction of sp³-hybridized carbons (Fsp3) is 0.250. The van der Waals surface area contributed by atoms with E-state index in [1.807, 2.05) is 0 Å². The highest BCUT2D eigenvalue weighted by molar-refractivity contribution is 7.49. The molecule has 0 saturated heterocycles. The summed E-state index contributed by atoms with van der Waals surface area (Å²) < 4.78 is 27.4. The van der Waals surface area contributed by atoms with Gasteiger partial charge in [-0.05, 0) is 93.6 Å². The van der Waals surface area contributed by atoms with E-state index in [9.17, 15) is 4.57 Å². The highest BCUT2D eigenvalue weighted by atomic mass is 35.5. The van der Waals surface area contributed by atoms with Crippen LogP contribution in [-0.4, -0.2) is 13.4 Å². The average Bonchev–Trinajstić information content (AvgIpc) is 2.75. The highest BCUT2D eigenvalue weighted by Crippen LogP contribution is 2.50. The molecule has 0 fully saturated rings. The van der Waals surface area contributed by atoms with Crippen LogP contribution in [0.2, 0.25) is 0 Å². The Kier molecular flexibility index (Phi) is 10.0. The van der Waals surface area contributed by atoms with E-state index in [2.05, 4.69) is 16.0 Å². The smallest absolute Gasteiger partial charge is 0.386 e. The van der Waals surface area contributed by atoms with Crippen LogP contribution < -0.4 is 29.5 Å². The lowest BCUT2D eigenvalue weighted by molar-refractivity contribution is 0.298. The molecule has 0 radical (unpaired) electrons. The van der Waals surface area contributed by atoms with Crippen LogP contribution in [0.25, 0.3) is 0 Å². The van der Waals surface area contributed by atoms with E-state index in [-0.39, 0.29) is 17.2 Å². The van der Waals surface area contributed by atoms with Crippen LogP contribution in [0.5, 0.6) is 17.2 Å². The Morgan fingerprint density at radius 2 is 0.711 bits per heavy atom. The van der Waals surface area contributed by atoms with Crippen LogP contribution in [0, 0.1) is 0 Å². The van der Waals surface area contributed by atoms with E-state index >= 15 is 0 Å². The summed E-state index contributed by atoms with van der Waals surface area (Å²) in [6, 6.07) is 19.2. The van der Waals surface area contributed by atoms with Gasteiger partial charge >= 0.3 is 7.82 Å². The first-order chi connectivity index (χ1) is 17.5. The summed E-state index contributed by atoms with van der Waals surface area (Å²) in [5, 5.41) is 8.66. The number of nitrogens with one attached hydrogen (secondary N) is 3. The molecule has 3 N–H and O–H groups in total. The highest BCUT2D eigenvalue weighted by Gasteiger charge is 2.33. The molecule has 0 amide bonds. The number of hydrogen-bond donors (Lipinski definition) is 3. The third kappa shape index (κ3) is 11.3. The van der Waals surface area contributed by atoms with Crippen molar-refractivity contribution in [2.24, 2.45) is 0 Å². The van der Waals surface area contributed by atoms with E-state index in [0.717, 1.165) is 0 Å². The minimum atomic E-state index is -4.27. The lowest BCUT2D eigenvalue weighted by Crippen LogP contribution is -2.19. The number of anilines is 3. The maximum Gasteiger partial charge on any atom is 0.647 e. The summed E-state index contributed by atoms with van der Waals surface area (Å²) in [5.74, 6) is 0.629. The number of alkyl halides is 6. The van der Waals surface area contributed by atoms with E-state index in [1.165, 1.54) is 0 Å². The predicted octanol–water partition coefficient (Wildman–Crippen LogP) is 10.0. The first-order valence-corrected chi connectivity index (χ1v) is 14.7. The summed E-state index contributed by atoms with van der Waals surface area (Å²) in [5.41, 5.74) is 1.84. The molecular formula is C24H24Cl6N3O4P. The minimum absolute atomic E-state index is 0.210. The topological polar surface area (TPSA) is 80.9 Å². The van der Waals surface area contributed by atoms with Gasteiger partial charge in [0.15, 0.2) is 13.4 Å². The van der Waals surface area contributed by atoms with Gasteiger partial charge in [0.1, 0.15) is 17.2 Å². The molecule has 3 aromatic carbocycles. The third-order valence-electron chi connectivity index (χ3n) is 4.31. The molecule has 3 rings (SSSR count). The molecular weight excluding hydrogens is 638 g/mol. The monoisotopic (exact) mass is 659 g/mol. The quantitative estimate of drug-likeness (QED) is 0.101. The van der Waals surface area contributed by atoms with E-state index in [4.69, 9.17) is 83.2 Å². The molecule has 0 aliphatic heterocycles. The third-order valence-corrected chi connectivity index (χ3v) is 6.18. The molecule has 0 heterocycles. The van der Waals surface area contributed by atoms with Gasteiger partial charge in [-0.25, -0.2) is 0 Å². The molecule has 3 aromatic rings. The van der Waals surface area contributed by atoms with Crippen molar-refractivity contribution in [3.63, 3.8) is 0 Å². The molecule has 38 heavy (non-hydrogen) atoms. The van der Waals surface area contributed by atoms with Crippen molar-refractivity contribution in [2.75, 3.05) is 16.0 Å². The second kappa shape index (κ2) is 12.3. The molecule has 0 atom stereocenters. The van der Waals surface area contributed by atoms with Crippen LogP contribution in [0.3, 0.4) is 0 Å². The molecule has 0 spiro atoms. The summed E-state index contributed by atoms with van der Waals surface area (Å²) in [4.78, 5) is 0. The first kappa shape index (κ1) is 31.0. The van der Waals surface area contributed by atoms with Crippen LogP contribution in [0.4, 0.5) is 17.1 Å². The lowest BCUT2D eigenvalue weighted by atomic mass is 10.3. The van der Waals surface area contributed by atoms with Crippen LogP contribution in [-0.2, 0) is 4.57 Å². The van der Waals surface area contributed by atoms with E-state index in [0.29, 0.717) is 17.1 Å². The maximum atomic E-state index is 13.8. The molecule has 0 unspecified atom stereocenters. The SMILES string of the molecule is CC(Cl)(Cl)Nc1ccc(OP(=O)(Oc2ccc(NC(C)(Cl)Cl)cc2)Oc2ccc(NC(C)(Cl)Cl)cc2)cc1. The molecule has 0 bridgehead atoms. The zero-order valence-corrected chi connectivity index (χ0v) is 25.7. The van der Waals surface area contributed by atoms with Gasteiger partial charge in [-0.1, -0.05) is 69.6 Å². The maximum absolute atomic E-state index is 13.8. The fourth-order valence-electron chi connectivity index (χ4n) is 3.00. The zero-order valence-electron chi connectivity index (χ0n) is 20.3.